The van der Waals surface area contributed by atoms with Crippen molar-refractivity contribution in [3.05, 3.63) is 30.6 Å². The molecule has 2 heterocycles. The number of hydrogen-bond acceptors (Lipinski definition) is 2. The highest BCUT2D eigenvalue weighted by molar-refractivity contribution is 7.80. The van der Waals surface area contributed by atoms with Crippen LogP contribution in [-0.2, 0) is 7.05 Å². The van der Waals surface area contributed by atoms with E-state index in [4.69, 9.17) is 0 Å². The fourth-order valence-electron chi connectivity index (χ4n) is 1.53. The van der Waals surface area contributed by atoms with Gasteiger partial charge in [-0.15, -0.1) is 0 Å². The first kappa shape index (κ1) is 11.3. The average Bonchev–Trinajstić information content (AvgIpc) is 2.64. The first-order valence-electron chi connectivity index (χ1n) is 5.25. The molecule has 2 aromatic heterocycles. The summed E-state index contributed by atoms with van der Waals surface area (Å²) in [5.74, 6) is 0. The summed E-state index contributed by atoms with van der Waals surface area (Å²) in [7, 11) is 0.938. The summed E-state index contributed by atoms with van der Waals surface area (Å²) in [5.41, 5.74) is 1.91. The predicted octanol–water partition coefficient (Wildman–Crippen LogP) is 2.01. The monoisotopic (exact) mass is 234 g/mol. The van der Waals surface area contributed by atoms with Gasteiger partial charge in [0.15, 0.2) is 0 Å². The molecule has 84 valence electrons. The van der Waals surface area contributed by atoms with Crippen LogP contribution >= 0.6 is 7.26 Å². The van der Waals surface area contributed by atoms with Gasteiger partial charge in [0, 0.05) is 32.8 Å². The molecule has 16 heavy (non-hydrogen) atoms. The Bertz CT molecular complexity index is 497. The summed E-state index contributed by atoms with van der Waals surface area (Å²) >= 11 is 0. The quantitative estimate of drug-likeness (QED) is 0.744. The van der Waals surface area contributed by atoms with Crippen molar-refractivity contribution in [1.82, 2.24) is 14.8 Å². The third-order valence-corrected chi connectivity index (χ3v) is 4.32. The van der Waals surface area contributed by atoms with E-state index in [1.807, 2.05) is 25.5 Å². The Morgan fingerprint density at radius 3 is 2.44 bits per heavy atom. The normalized spacial score (nSPS) is 11.8. The van der Waals surface area contributed by atoms with E-state index >= 15 is 0 Å². The zero-order valence-electron chi connectivity index (χ0n) is 10.2. The second-order valence-corrected chi connectivity index (χ2v) is 9.33. The maximum atomic E-state index is 4.38. The molecule has 2 rings (SSSR count). The van der Waals surface area contributed by atoms with Crippen LogP contribution < -0.4 is 5.30 Å². The van der Waals surface area contributed by atoms with Crippen LogP contribution in [0.25, 0.3) is 11.4 Å². The lowest BCUT2D eigenvalue weighted by molar-refractivity contribution is 0.770. The zero-order valence-corrected chi connectivity index (χ0v) is 11.1. The molecule has 0 aliphatic heterocycles. The van der Waals surface area contributed by atoms with E-state index in [1.54, 1.807) is 4.68 Å². The number of aromatic nitrogens is 3. The molecule has 0 aliphatic rings. The smallest absolute Gasteiger partial charge is 0.111 e. The molecule has 0 spiro atoms. The Labute approximate surface area is 96.9 Å². The van der Waals surface area contributed by atoms with Gasteiger partial charge in [-0.3, -0.25) is 9.67 Å². The highest BCUT2D eigenvalue weighted by Crippen LogP contribution is 2.45. The minimum Gasteiger partial charge on any atom is -0.275 e. The van der Waals surface area contributed by atoms with Crippen LogP contribution in [0.2, 0.25) is 0 Å². The minimum atomic E-state index is -0.983. The fourth-order valence-corrected chi connectivity index (χ4v) is 2.55. The van der Waals surface area contributed by atoms with Gasteiger partial charge in [0.2, 0.25) is 0 Å². The standard InChI is InChI=1S/C12H17N3P/c1-15-8-6-11(14-15)12-9-10(5-7-13-12)16(2,3)4/h5-9H,1-4H3/q+1. The minimum absolute atomic E-state index is 0.942. The van der Waals surface area contributed by atoms with Gasteiger partial charge in [0.05, 0.1) is 31.0 Å². The number of aryl methyl sites for hydroxylation is 1. The number of rotatable bonds is 2. The molecule has 3 nitrogen and oxygen atoms in total. The Balaban J connectivity index is 2.44. The molecule has 0 N–H and O–H groups in total. The van der Waals surface area contributed by atoms with E-state index in [9.17, 15) is 0 Å². The van der Waals surface area contributed by atoms with Crippen LogP contribution in [0.5, 0.6) is 0 Å². The van der Waals surface area contributed by atoms with Crippen LogP contribution in [0.1, 0.15) is 0 Å². The summed E-state index contributed by atoms with van der Waals surface area (Å²) in [6, 6.07) is 6.27. The van der Waals surface area contributed by atoms with Gasteiger partial charge in [-0.2, -0.15) is 5.10 Å². The van der Waals surface area contributed by atoms with E-state index < -0.39 is 7.26 Å². The van der Waals surface area contributed by atoms with Crippen molar-refractivity contribution in [2.45, 2.75) is 0 Å². The molecule has 0 unspecified atom stereocenters. The first-order chi connectivity index (χ1) is 7.47. The number of hydrogen-bond donors (Lipinski definition) is 0. The van der Waals surface area contributed by atoms with E-state index in [0.29, 0.717) is 0 Å². The Hall–Kier alpha value is -1.21. The van der Waals surface area contributed by atoms with Crippen LogP contribution in [0.3, 0.4) is 0 Å². The number of pyridine rings is 1. The van der Waals surface area contributed by atoms with Crippen molar-refractivity contribution >= 4 is 12.6 Å². The Kier molecular flexibility index (Phi) is 2.81. The average molecular weight is 234 g/mol. The van der Waals surface area contributed by atoms with E-state index in [1.165, 1.54) is 5.30 Å². The van der Waals surface area contributed by atoms with Crippen molar-refractivity contribution in [2.24, 2.45) is 7.05 Å². The third-order valence-electron chi connectivity index (χ3n) is 2.49. The molecular weight excluding hydrogens is 217 g/mol. The van der Waals surface area contributed by atoms with Gasteiger partial charge in [0.25, 0.3) is 0 Å². The molecule has 0 bridgehead atoms. The van der Waals surface area contributed by atoms with Crippen molar-refractivity contribution in [1.29, 1.82) is 0 Å². The van der Waals surface area contributed by atoms with E-state index in [2.05, 4.69) is 42.2 Å². The molecule has 0 atom stereocenters. The highest BCUT2D eigenvalue weighted by Gasteiger charge is 2.22. The lowest BCUT2D eigenvalue weighted by Crippen LogP contribution is -2.08. The Morgan fingerprint density at radius 1 is 1.12 bits per heavy atom. The van der Waals surface area contributed by atoms with Gasteiger partial charge in [0.1, 0.15) is 5.69 Å². The molecule has 4 heteroatoms. The summed E-state index contributed by atoms with van der Waals surface area (Å²) in [6.07, 6.45) is 3.82. The molecule has 0 saturated heterocycles. The SMILES string of the molecule is Cn1ccc(-c2cc([P+](C)(C)C)ccn2)n1. The molecule has 0 aliphatic carbocycles. The predicted molar refractivity (Wildman–Crippen MR) is 70.8 cm³/mol. The van der Waals surface area contributed by atoms with Gasteiger partial charge < -0.3 is 0 Å². The number of nitrogens with zero attached hydrogens (tertiary/aromatic N) is 3. The summed E-state index contributed by atoms with van der Waals surface area (Å²) in [4.78, 5) is 4.38. The maximum absolute atomic E-state index is 4.38. The summed E-state index contributed by atoms with van der Waals surface area (Å²) in [5, 5.41) is 5.76. The third kappa shape index (κ3) is 2.30. The molecular formula is C12H17N3P+. The largest absolute Gasteiger partial charge is 0.275 e. The van der Waals surface area contributed by atoms with Gasteiger partial charge in [-0.1, -0.05) is 0 Å². The molecule has 0 saturated carbocycles. The van der Waals surface area contributed by atoms with Crippen molar-refractivity contribution in [3.63, 3.8) is 0 Å². The summed E-state index contributed by atoms with van der Waals surface area (Å²) < 4.78 is 1.80. The Morgan fingerprint density at radius 2 is 1.88 bits per heavy atom. The highest BCUT2D eigenvalue weighted by atomic mass is 31.2. The van der Waals surface area contributed by atoms with E-state index in [0.717, 1.165) is 11.4 Å². The van der Waals surface area contributed by atoms with Gasteiger partial charge >= 0.3 is 0 Å². The first-order valence-corrected chi connectivity index (χ1v) is 8.38. The molecule has 0 fully saturated rings. The lowest BCUT2D eigenvalue weighted by atomic mass is 10.3. The fraction of sp³-hybridized carbons (Fsp3) is 0.333. The van der Waals surface area contributed by atoms with Crippen molar-refractivity contribution in [3.8, 4) is 11.4 Å². The second-order valence-electron chi connectivity index (χ2n) is 4.79. The molecule has 0 amide bonds. The van der Waals surface area contributed by atoms with Crippen molar-refractivity contribution < 1.29 is 0 Å². The molecule has 0 aromatic carbocycles. The molecule has 2 aromatic rings. The van der Waals surface area contributed by atoms with Gasteiger partial charge in [-0.05, 0) is 12.1 Å². The van der Waals surface area contributed by atoms with Gasteiger partial charge in [-0.25, -0.2) is 0 Å². The second kappa shape index (κ2) is 3.99. The zero-order chi connectivity index (χ0) is 11.8. The van der Waals surface area contributed by atoms with E-state index in [-0.39, 0.29) is 0 Å². The van der Waals surface area contributed by atoms with Crippen LogP contribution in [0.15, 0.2) is 30.6 Å². The van der Waals surface area contributed by atoms with Crippen LogP contribution in [0, 0.1) is 0 Å². The van der Waals surface area contributed by atoms with Crippen molar-refractivity contribution in [2.75, 3.05) is 20.0 Å². The topological polar surface area (TPSA) is 30.7 Å². The summed E-state index contributed by atoms with van der Waals surface area (Å²) in [6.45, 7) is 6.93. The van der Waals surface area contributed by atoms with Crippen LogP contribution in [-0.4, -0.2) is 34.8 Å². The lowest BCUT2D eigenvalue weighted by Gasteiger charge is -2.11. The maximum Gasteiger partial charge on any atom is 0.111 e. The van der Waals surface area contributed by atoms with Crippen LogP contribution in [0.4, 0.5) is 0 Å². The molecule has 0 radical (unpaired) electrons.